The third-order valence-corrected chi connectivity index (χ3v) is 4.37. The maximum atomic E-state index is 4.58. The molecule has 1 aliphatic rings. The molecule has 1 N–H and O–H groups in total. The molecule has 0 unspecified atom stereocenters. The van der Waals surface area contributed by atoms with E-state index in [1.807, 2.05) is 24.4 Å². The molecule has 3 rings (SSSR count). The van der Waals surface area contributed by atoms with Gasteiger partial charge < -0.3 is 14.6 Å². The summed E-state index contributed by atoms with van der Waals surface area (Å²) < 4.78 is 2.07. The van der Waals surface area contributed by atoms with Gasteiger partial charge in [-0.05, 0) is 12.1 Å². The lowest BCUT2D eigenvalue weighted by molar-refractivity contribution is 0.301. The number of rotatable bonds is 5. The van der Waals surface area contributed by atoms with Crippen LogP contribution in [0.3, 0.4) is 0 Å². The van der Waals surface area contributed by atoms with E-state index < -0.39 is 0 Å². The molecule has 1 aliphatic heterocycles. The van der Waals surface area contributed by atoms with Crippen molar-refractivity contribution in [3.63, 3.8) is 0 Å². The van der Waals surface area contributed by atoms with Gasteiger partial charge in [0.05, 0.1) is 5.69 Å². The lowest BCUT2D eigenvalue weighted by Crippen LogP contribution is -2.37. The molecule has 102 valence electrons. The van der Waals surface area contributed by atoms with Gasteiger partial charge in [0, 0.05) is 56.6 Å². The van der Waals surface area contributed by atoms with Crippen LogP contribution in [0, 0.1) is 0 Å². The Morgan fingerprint density at radius 2 is 2.16 bits per heavy atom. The van der Waals surface area contributed by atoms with Crippen molar-refractivity contribution in [3.05, 3.63) is 36.3 Å². The number of pyridine rings is 1. The molecule has 2 aromatic heterocycles. The monoisotopic (exact) mass is 276 g/mol. The Hall–Kier alpha value is -1.04. The number of thioether (sulfide) groups is 1. The van der Waals surface area contributed by atoms with Gasteiger partial charge >= 0.3 is 0 Å². The first kappa shape index (κ1) is 13.0. The Labute approximate surface area is 118 Å². The van der Waals surface area contributed by atoms with Gasteiger partial charge in [0.15, 0.2) is 0 Å². The van der Waals surface area contributed by atoms with E-state index in [0.29, 0.717) is 0 Å². The van der Waals surface area contributed by atoms with E-state index in [1.54, 1.807) is 0 Å². The molecule has 1 saturated heterocycles. The number of nitrogens with zero attached hydrogens (tertiary/aromatic N) is 3. The first-order chi connectivity index (χ1) is 9.42. The molecular weight excluding hydrogens is 256 g/mol. The molecular formula is C14H20N4S. The van der Waals surface area contributed by atoms with Crippen LogP contribution in [0.1, 0.15) is 5.69 Å². The van der Waals surface area contributed by atoms with Gasteiger partial charge in [-0.25, -0.2) is 4.98 Å². The predicted octanol–water partition coefficient (Wildman–Crippen LogP) is 1.47. The fourth-order valence-corrected chi connectivity index (χ4v) is 3.33. The summed E-state index contributed by atoms with van der Waals surface area (Å²) >= 11 is 2.06. The summed E-state index contributed by atoms with van der Waals surface area (Å²) in [6, 6.07) is 6.09. The highest BCUT2D eigenvalue weighted by Crippen LogP contribution is 2.08. The lowest BCUT2D eigenvalue weighted by atomic mass is 10.4. The maximum Gasteiger partial charge on any atom is 0.137 e. The Kier molecular flexibility index (Phi) is 4.37. The summed E-state index contributed by atoms with van der Waals surface area (Å²) in [5.74, 6) is 2.57. The summed E-state index contributed by atoms with van der Waals surface area (Å²) in [4.78, 5) is 7.12. The highest BCUT2D eigenvalue weighted by Gasteiger charge is 2.09. The quantitative estimate of drug-likeness (QED) is 0.838. The largest absolute Gasteiger partial charge is 0.310 e. The molecule has 19 heavy (non-hydrogen) atoms. The second-order valence-electron chi connectivity index (χ2n) is 4.83. The second-order valence-corrected chi connectivity index (χ2v) is 6.05. The predicted molar refractivity (Wildman–Crippen MR) is 80.7 cm³/mol. The average Bonchev–Trinajstić information content (AvgIpc) is 2.87. The van der Waals surface area contributed by atoms with E-state index in [1.165, 1.54) is 24.6 Å². The van der Waals surface area contributed by atoms with Gasteiger partial charge in [-0.2, -0.15) is 11.8 Å². The van der Waals surface area contributed by atoms with Crippen molar-refractivity contribution < 1.29 is 0 Å². The number of fused-ring (bicyclic) bond motifs is 1. The van der Waals surface area contributed by atoms with Crippen LogP contribution in [0.2, 0.25) is 0 Å². The van der Waals surface area contributed by atoms with Gasteiger partial charge in [0.1, 0.15) is 5.65 Å². The zero-order valence-corrected chi connectivity index (χ0v) is 11.9. The molecule has 0 amide bonds. The second kappa shape index (κ2) is 6.41. The van der Waals surface area contributed by atoms with Crippen LogP contribution in [0.4, 0.5) is 0 Å². The molecule has 2 aromatic rings. The molecule has 0 aliphatic carbocycles. The smallest absolute Gasteiger partial charge is 0.137 e. The lowest BCUT2D eigenvalue weighted by Gasteiger charge is -2.25. The van der Waals surface area contributed by atoms with Crippen LogP contribution in [0.25, 0.3) is 5.65 Å². The SMILES string of the molecule is c1ccn2cc(CNCCN3CCSCC3)nc2c1. The van der Waals surface area contributed by atoms with Gasteiger partial charge in [-0.3, -0.25) is 0 Å². The van der Waals surface area contributed by atoms with E-state index in [9.17, 15) is 0 Å². The highest BCUT2D eigenvalue weighted by molar-refractivity contribution is 7.99. The van der Waals surface area contributed by atoms with Crippen LogP contribution in [0.5, 0.6) is 0 Å². The van der Waals surface area contributed by atoms with Crippen molar-refractivity contribution in [1.82, 2.24) is 19.6 Å². The van der Waals surface area contributed by atoms with E-state index in [4.69, 9.17) is 0 Å². The molecule has 0 saturated carbocycles. The van der Waals surface area contributed by atoms with Crippen LogP contribution in [-0.2, 0) is 6.54 Å². The van der Waals surface area contributed by atoms with Gasteiger partial charge in [0.25, 0.3) is 0 Å². The molecule has 3 heterocycles. The van der Waals surface area contributed by atoms with Crippen molar-refractivity contribution in [3.8, 4) is 0 Å². The van der Waals surface area contributed by atoms with Crippen molar-refractivity contribution in [2.24, 2.45) is 0 Å². The zero-order valence-electron chi connectivity index (χ0n) is 11.1. The minimum Gasteiger partial charge on any atom is -0.310 e. The van der Waals surface area contributed by atoms with Crippen LogP contribution in [-0.4, -0.2) is 52.0 Å². The third-order valence-electron chi connectivity index (χ3n) is 3.43. The van der Waals surface area contributed by atoms with Crippen molar-refractivity contribution in [1.29, 1.82) is 0 Å². The fourth-order valence-electron chi connectivity index (χ4n) is 2.35. The molecule has 1 fully saturated rings. The summed E-state index contributed by atoms with van der Waals surface area (Å²) in [6.07, 6.45) is 4.14. The summed E-state index contributed by atoms with van der Waals surface area (Å²) in [7, 11) is 0. The number of nitrogens with one attached hydrogen (secondary N) is 1. The molecule has 5 heteroatoms. The van der Waals surface area contributed by atoms with E-state index in [0.717, 1.165) is 31.0 Å². The Balaban J connectivity index is 1.44. The average molecular weight is 276 g/mol. The third kappa shape index (κ3) is 3.49. The standard InChI is InChI=1S/C14H20N4S/c1-2-5-18-12-13(16-14(18)3-1)11-15-4-6-17-7-9-19-10-8-17/h1-3,5,12,15H,4,6-11H2. The minimum absolute atomic E-state index is 0.851. The van der Waals surface area contributed by atoms with E-state index in [-0.39, 0.29) is 0 Å². The summed E-state index contributed by atoms with van der Waals surface area (Å²) in [5.41, 5.74) is 2.13. The number of hydrogen-bond acceptors (Lipinski definition) is 4. The van der Waals surface area contributed by atoms with Gasteiger partial charge in [-0.1, -0.05) is 6.07 Å². The molecule has 4 nitrogen and oxygen atoms in total. The molecule has 0 bridgehead atoms. The Morgan fingerprint density at radius 3 is 3.00 bits per heavy atom. The molecule has 0 spiro atoms. The van der Waals surface area contributed by atoms with Crippen LogP contribution >= 0.6 is 11.8 Å². The molecule has 0 aromatic carbocycles. The van der Waals surface area contributed by atoms with E-state index in [2.05, 4.69) is 37.6 Å². The van der Waals surface area contributed by atoms with Crippen molar-refractivity contribution in [2.75, 3.05) is 37.7 Å². The Morgan fingerprint density at radius 1 is 1.26 bits per heavy atom. The van der Waals surface area contributed by atoms with Gasteiger partial charge in [0.2, 0.25) is 0 Å². The first-order valence-electron chi connectivity index (χ1n) is 6.85. The topological polar surface area (TPSA) is 32.6 Å². The fraction of sp³-hybridized carbons (Fsp3) is 0.500. The molecule has 0 radical (unpaired) electrons. The maximum absolute atomic E-state index is 4.58. The van der Waals surface area contributed by atoms with Crippen molar-refractivity contribution >= 4 is 17.4 Å². The Bertz CT molecular complexity index is 486. The normalized spacial score (nSPS) is 17.1. The summed E-state index contributed by atoms with van der Waals surface area (Å²) in [5, 5.41) is 3.49. The zero-order chi connectivity index (χ0) is 12.9. The number of aromatic nitrogens is 2. The highest BCUT2D eigenvalue weighted by atomic mass is 32.2. The van der Waals surface area contributed by atoms with Crippen LogP contribution in [0.15, 0.2) is 30.6 Å². The van der Waals surface area contributed by atoms with Crippen molar-refractivity contribution in [2.45, 2.75) is 6.54 Å². The van der Waals surface area contributed by atoms with Crippen LogP contribution < -0.4 is 5.32 Å². The molecule has 0 atom stereocenters. The van der Waals surface area contributed by atoms with Gasteiger partial charge in [-0.15, -0.1) is 0 Å². The minimum atomic E-state index is 0.851. The number of hydrogen-bond donors (Lipinski definition) is 1. The number of imidazole rings is 1. The first-order valence-corrected chi connectivity index (χ1v) is 8.01. The van der Waals surface area contributed by atoms with E-state index >= 15 is 0 Å². The summed E-state index contributed by atoms with van der Waals surface area (Å²) in [6.45, 7) is 5.51.